The standard InChI is InChI=1S/C10H4BrF3O2/c11-6-1-2-7-5(3-6)4-8(16-7)9(15)10(12,13)14/h1-4H. The molecule has 0 aliphatic heterocycles. The zero-order valence-corrected chi connectivity index (χ0v) is 9.22. The van der Waals surface area contributed by atoms with Gasteiger partial charge in [-0.3, -0.25) is 4.79 Å². The highest BCUT2D eigenvalue weighted by Crippen LogP contribution is 2.27. The summed E-state index contributed by atoms with van der Waals surface area (Å²) in [5.41, 5.74) is 0.246. The van der Waals surface area contributed by atoms with E-state index in [9.17, 15) is 18.0 Å². The summed E-state index contributed by atoms with van der Waals surface area (Å²) in [6, 6.07) is 5.77. The van der Waals surface area contributed by atoms with Crippen LogP contribution in [0.2, 0.25) is 0 Å². The summed E-state index contributed by atoms with van der Waals surface area (Å²) in [5.74, 6) is -2.67. The Morgan fingerprint density at radius 3 is 2.56 bits per heavy atom. The van der Waals surface area contributed by atoms with Gasteiger partial charge in [0.2, 0.25) is 0 Å². The second-order valence-electron chi connectivity index (χ2n) is 3.12. The minimum atomic E-state index is -4.91. The van der Waals surface area contributed by atoms with Gasteiger partial charge in [0.15, 0.2) is 5.76 Å². The van der Waals surface area contributed by atoms with Crippen molar-refractivity contribution in [2.24, 2.45) is 0 Å². The molecule has 0 atom stereocenters. The number of alkyl halides is 3. The quantitative estimate of drug-likeness (QED) is 0.745. The van der Waals surface area contributed by atoms with Crippen molar-refractivity contribution >= 4 is 32.7 Å². The maximum atomic E-state index is 12.1. The summed E-state index contributed by atoms with van der Waals surface area (Å²) >= 11 is 3.17. The number of Topliss-reactive ketones (excluding diaryl/α,β-unsaturated/α-hetero) is 1. The number of hydrogen-bond acceptors (Lipinski definition) is 2. The molecular formula is C10H4BrF3O2. The minimum Gasteiger partial charge on any atom is -0.453 e. The van der Waals surface area contributed by atoms with Crippen LogP contribution in [0.25, 0.3) is 11.0 Å². The highest BCUT2D eigenvalue weighted by Gasteiger charge is 2.41. The van der Waals surface area contributed by atoms with E-state index in [4.69, 9.17) is 4.42 Å². The maximum absolute atomic E-state index is 12.1. The Hall–Kier alpha value is -1.30. The fourth-order valence-corrected chi connectivity index (χ4v) is 1.64. The van der Waals surface area contributed by atoms with Crippen molar-refractivity contribution in [1.29, 1.82) is 0 Å². The normalized spacial score (nSPS) is 12.0. The first-order valence-corrected chi connectivity index (χ1v) is 4.98. The van der Waals surface area contributed by atoms with Crippen LogP contribution < -0.4 is 0 Å². The monoisotopic (exact) mass is 292 g/mol. The van der Waals surface area contributed by atoms with Gasteiger partial charge in [-0.1, -0.05) is 15.9 Å². The molecule has 16 heavy (non-hydrogen) atoms. The minimum absolute atomic E-state index is 0.246. The third-order valence-electron chi connectivity index (χ3n) is 1.96. The number of benzene rings is 1. The van der Waals surface area contributed by atoms with Gasteiger partial charge in [0.1, 0.15) is 5.58 Å². The van der Waals surface area contributed by atoms with Crippen LogP contribution in [0.15, 0.2) is 33.2 Å². The van der Waals surface area contributed by atoms with Gasteiger partial charge in [0.25, 0.3) is 0 Å². The second kappa shape index (κ2) is 3.62. The largest absolute Gasteiger partial charge is 0.458 e. The highest BCUT2D eigenvalue weighted by molar-refractivity contribution is 9.10. The Balaban J connectivity index is 2.52. The number of halogens is 4. The summed E-state index contributed by atoms with van der Waals surface area (Å²) in [7, 11) is 0. The van der Waals surface area contributed by atoms with Gasteiger partial charge in [0, 0.05) is 9.86 Å². The molecule has 0 aliphatic rings. The van der Waals surface area contributed by atoms with Gasteiger partial charge in [-0.2, -0.15) is 13.2 Å². The molecule has 2 rings (SSSR count). The number of hydrogen-bond donors (Lipinski definition) is 0. The van der Waals surface area contributed by atoms with E-state index >= 15 is 0 Å². The number of ketones is 1. The van der Waals surface area contributed by atoms with Crippen LogP contribution in [0.3, 0.4) is 0 Å². The Morgan fingerprint density at radius 2 is 1.94 bits per heavy atom. The third kappa shape index (κ3) is 1.97. The molecule has 6 heteroatoms. The summed E-state index contributed by atoms with van der Waals surface area (Å²) in [4.78, 5) is 10.9. The van der Waals surface area contributed by atoms with Crippen molar-refractivity contribution in [2.75, 3.05) is 0 Å². The van der Waals surface area contributed by atoms with E-state index in [1.807, 2.05) is 0 Å². The smallest absolute Gasteiger partial charge is 0.453 e. The molecule has 1 aromatic carbocycles. The first kappa shape index (κ1) is 11.2. The molecule has 0 amide bonds. The van der Waals surface area contributed by atoms with Crippen LogP contribution in [-0.4, -0.2) is 12.0 Å². The van der Waals surface area contributed by atoms with Gasteiger partial charge in [0.05, 0.1) is 0 Å². The molecule has 0 fully saturated rings. The number of carbonyl (C=O) groups excluding carboxylic acids is 1. The summed E-state index contributed by atoms with van der Waals surface area (Å²) in [5, 5.41) is 0.446. The zero-order chi connectivity index (χ0) is 11.9. The van der Waals surface area contributed by atoms with Crippen molar-refractivity contribution in [1.82, 2.24) is 0 Å². The van der Waals surface area contributed by atoms with E-state index in [1.165, 1.54) is 6.07 Å². The van der Waals surface area contributed by atoms with E-state index in [-0.39, 0.29) is 5.58 Å². The Bertz CT molecular complexity index is 557. The average Bonchev–Trinajstić information content (AvgIpc) is 2.57. The van der Waals surface area contributed by atoms with Gasteiger partial charge in [-0.25, -0.2) is 0 Å². The van der Waals surface area contributed by atoms with Crippen molar-refractivity contribution in [3.63, 3.8) is 0 Å². The summed E-state index contributed by atoms with van der Waals surface area (Å²) in [6.07, 6.45) is -4.91. The highest BCUT2D eigenvalue weighted by atomic mass is 79.9. The number of carbonyl (C=O) groups is 1. The lowest BCUT2D eigenvalue weighted by Gasteiger charge is -2.00. The Morgan fingerprint density at radius 1 is 1.25 bits per heavy atom. The lowest BCUT2D eigenvalue weighted by molar-refractivity contribution is -0.0898. The molecule has 0 radical (unpaired) electrons. The molecular weight excluding hydrogens is 289 g/mol. The first-order chi connectivity index (χ1) is 7.38. The Kier molecular flexibility index (Phi) is 2.53. The molecule has 0 aliphatic carbocycles. The van der Waals surface area contributed by atoms with Crippen molar-refractivity contribution < 1.29 is 22.4 Å². The van der Waals surface area contributed by atoms with Gasteiger partial charge < -0.3 is 4.42 Å². The molecule has 0 bridgehead atoms. The predicted octanol–water partition coefficient (Wildman–Crippen LogP) is 3.94. The van der Waals surface area contributed by atoms with Gasteiger partial charge in [-0.05, 0) is 24.3 Å². The molecule has 0 saturated carbocycles. The molecule has 84 valence electrons. The topological polar surface area (TPSA) is 30.2 Å². The van der Waals surface area contributed by atoms with Crippen LogP contribution in [0.1, 0.15) is 10.6 Å². The number of fused-ring (bicyclic) bond motifs is 1. The zero-order valence-electron chi connectivity index (χ0n) is 7.64. The van der Waals surface area contributed by atoms with E-state index in [0.29, 0.717) is 9.86 Å². The molecule has 0 saturated heterocycles. The van der Waals surface area contributed by atoms with Crippen LogP contribution in [-0.2, 0) is 0 Å². The van der Waals surface area contributed by atoms with E-state index in [0.717, 1.165) is 6.07 Å². The van der Waals surface area contributed by atoms with Crippen LogP contribution in [0.4, 0.5) is 13.2 Å². The van der Waals surface area contributed by atoms with Gasteiger partial charge >= 0.3 is 12.0 Å². The fourth-order valence-electron chi connectivity index (χ4n) is 1.27. The van der Waals surface area contributed by atoms with Crippen LogP contribution in [0, 0.1) is 0 Å². The van der Waals surface area contributed by atoms with Crippen LogP contribution >= 0.6 is 15.9 Å². The molecule has 1 heterocycles. The predicted molar refractivity (Wildman–Crippen MR) is 54.3 cm³/mol. The molecule has 2 aromatic rings. The lowest BCUT2D eigenvalue weighted by atomic mass is 10.2. The molecule has 2 nitrogen and oxygen atoms in total. The number of rotatable bonds is 1. The number of furan rings is 1. The van der Waals surface area contributed by atoms with E-state index in [2.05, 4.69) is 15.9 Å². The fraction of sp³-hybridized carbons (Fsp3) is 0.100. The third-order valence-corrected chi connectivity index (χ3v) is 2.45. The van der Waals surface area contributed by atoms with Crippen molar-refractivity contribution in [3.8, 4) is 0 Å². The van der Waals surface area contributed by atoms with Crippen LogP contribution in [0.5, 0.6) is 0 Å². The Labute approximate surface area is 96.2 Å². The van der Waals surface area contributed by atoms with E-state index < -0.39 is 17.7 Å². The molecule has 0 spiro atoms. The summed E-state index contributed by atoms with van der Waals surface area (Å²) in [6.45, 7) is 0. The first-order valence-electron chi connectivity index (χ1n) is 4.18. The van der Waals surface area contributed by atoms with E-state index in [1.54, 1.807) is 12.1 Å². The second-order valence-corrected chi connectivity index (χ2v) is 4.04. The van der Waals surface area contributed by atoms with Gasteiger partial charge in [-0.15, -0.1) is 0 Å². The average molecular weight is 293 g/mol. The lowest BCUT2D eigenvalue weighted by Crippen LogP contribution is -2.21. The van der Waals surface area contributed by atoms with Crippen molar-refractivity contribution in [3.05, 3.63) is 34.5 Å². The summed E-state index contributed by atoms with van der Waals surface area (Å²) < 4.78 is 41.9. The maximum Gasteiger partial charge on any atom is 0.458 e. The molecule has 0 unspecified atom stereocenters. The SMILES string of the molecule is O=C(c1cc2cc(Br)ccc2o1)C(F)(F)F. The molecule has 1 aromatic heterocycles. The molecule has 0 N–H and O–H groups in total. The van der Waals surface area contributed by atoms with Crippen molar-refractivity contribution in [2.45, 2.75) is 6.18 Å².